The quantitative estimate of drug-likeness (QED) is 0.796. The largest absolute Gasteiger partial charge is 0.478 e. The van der Waals surface area contributed by atoms with E-state index in [1.54, 1.807) is 4.90 Å². The van der Waals surface area contributed by atoms with Crippen LogP contribution in [-0.4, -0.2) is 24.2 Å². The average molecular weight is 235 g/mol. The zero-order valence-electron chi connectivity index (χ0n) is 9.61. The first-order chi connectivity index (χ1) is 8.11. The van der Waals surface area contributed by atoms with Gasteiger partial charge in [-0.15, -0.1) is 6.42 Å². The van der Waals surface area contributed by atoms with E-state index in [9.17, 15) is 9.18 Å². The number of hydrogen-bond acceptors (Lipinski definition) is 2. The molecule has 0 bridgehead atoms. The lowest BCUT2D eigenvalue weighted by Crippen LogP contribution is -2.27. The predicted molar refractivity (Wildman–Crippen MR) is 64.7 cm³/mol. The van der Waals surface area contributed by atoms with Gasteiger partial charge in [0, 0.05) is 6.54 Å². The smallest absolute Gasteiger partial charge is 0.337 e. The van der Waals surface area contributed by atoms with Crippen molar-refractivity contribution in [3.63, 3.8) is 0 Å². The summed E-state index contributed by atoms with van der Waals surface area (Å²) >= 11 is 0. The molecule has 90 valence electrons. The van der Waals surface area contributed by atoms with E-state index >= 15 is 0 Å². The molecule has 0 aliphatic heterocycles. The van der Waals surface area contributed by atoms with E-state index in [0.29, 0.717) is 6.54 Å². The van der Waals surface area contributed by atoms with E-state index in [4.69, 9.17) is 11.5 Å². The van der Waals surface area contributed by atoms with E-state index in [-0.39, 0.29) is 17.8 Å². The predicted octanol–water partition coefficient (Wildman–Crippen LogP) is 2.37. The molecule has 4 heteroatoms. The zero-order valence-corrected chi connectivity index (χ0v) is 9.61. The van der Waals surface area contributed by atoms with Crippen LogP contribution in [0.5, 0.6) is 0 Å². The lowest BCUT2D eigenvalue weighted by molar-refractivity contribution is 0.0697. The molecule has 0 amide bonds. The first-order valence-electron chi connectivity index (χ1n) is 5.32. The lowest BCUT2D eigenvalue weighted by atomic mass is 10.1. The molecule has 0 aliphatic carbocycles. The van der Waals surface area contributed by atoms with Crippen molar-refractivity contribution in [1.82, 2.24) is 0 Å². The molecule has 1 N–H and O–H groups in total. The van der Waals surface area contributed by atoms with Crippen LogP contribution in [0.1, 0.15) is 23.7 Å². The number of aromatic carboxylic acids is 1. The molecule has 0 aromatic heterocycles. The Morgan fingerprint density at radius 3 is 2.82 bits per heavy atom. The number of rotatable bonds is 5. The summed E-state index contributed by atoms with van der Waals surface area (Å²) in [6.45, 7) is 2.63. The molecule has 0 heterocycles. The molecule has 1 rings (SSSR count). The second-order valence-electron chi connectivity index (χ2n) is 3.57. The molecule has 0 atom stereocenters. The Bertz CT molecular complexity index is 451. The first-order valence-corrected chi connectivity index (χ1v) is 5.32. The van der Waals surface area contributed by atoms with Gasteiger partial charge in [0.2, 0.25) is 0 Å². The number of terminal acetylenes is 1. The summed E-state index contributed by atoms with van der Waals surface area (Å²) < 4.78 is 13.7. The topological polar surface area (TPSA) is 40.5 Å². The maximum absolute atomic E-state index is 13.7. The van der Waals surface area contributed by atoms with Gasteiger partial charge in [-0.1, -0.05) is 18.9 Å². The molecule has 17 heavy (non-hydrogen) atoms. The molecule has 0 saturated heterocycles. The molecule has 1 aromatic rings. The third kappa shape index (κ3) is 2.97. The summed E-state index contributed by atoms with van der Waals surface area (Å²) in [6, 6.07) is 3.99. The van der Waals surface area contributed by atoms with Crippen molar-refractivity contribution in [3.05, 3.63) is 29.6 Å². The fourth-order valence-electron chi connectivity index (χ4n) is 1.66. The lowest BCUT2D eigenvalue weighted by Gasteiger charge is -2.23. The standard InChI is InChI=1S/C13H14FNO2/c1-3-8-15(9-4-2)12-10(13(16)17)6-5-7-11(12)14/h1,5-7H,4,8-9H2,2H3,(H,16,17). The minimum atomic E-state index is -1.15. The molecular formula is C13H14FNO2. The third-order valence-electron chi connectivity index (χ3n) is 2.31. The Kier molecular flexibility index (Phi) is 4.53. The highest BCUT2D eigenvalue weighted by Gasteiger charge is 2.18. The summed E-state index contributed by atoms with van der Waals surface area (Å²) in [7, 11) is 0. The average Bonchev–Trinajstić information content (AvgIpc) is 2.28. The van der Waals surface area contributed by atoms with Crippen molar-refractivity contribution >= 4 is 11.7 Å². The van der Waals surface area contributed by atoms with Crippen LogP contribution in [0.15, 0.2) is 18.2 Å². The van der Waals surface area contributed by atoms with Gasteiger partial charge in [-0.25, -0.2) is 9.18 Å². The molecule has 0 fully saturated rings. The summed E-state index contributed by atoms with van der Waals surface area (Å²) in [6.07, 6.45) is 5.97. The van der Waals surface area contributed by atoms with Crippen molar-refractivity contribution in [2.24, 2.45) is 0 Å². The molecule has 0 aliphatic rings. The van der Waals surface area contributed by atoms with E-state index in [1.807, 2.05) is 6.92 Å². The number of carboxylic acid groups (broad SMARTS) is 1. The van der Waals surface area contributed by atoms with Crippen molar-refractivity contribution in [2.75, 3.05) is 18.0 Å². The van der Waals surface area contributed by atoms with E-state index in [0.717, 1.165) is 6.42 Å². The van der Waals surface area contributed by atoms with Gasteiger partial charge >= 0.3 is 5.97 Å². The summed E-state index contributed by atoms with van der Waals surface area (Å²) in [5, 5.41) is 9.03. The molecule has 3 nitrogen and oxygen atoms in total. The summed E-state index contributed by atoms with van der Waals surface area (Å²) in [5.74, 6) is 0.694. The van der Waals surface area contributed by atoms with Crippen LogP contribution < -0.4 is 4.90 Å². The van der Waals surface area contributed by atoms with Crippen molar-refractivity contribution in [2.45, 2.75) is 13.3 Å². The molecule has 0 saturated carbocycles. The number of carboxylic acids is 1. The zero-order chi connectivity index (χ0) is 12.8. The third-order valence-corrected chi connectivity index (χ3v) is 2.31. The molecule has 0 radical (unpaired) electrons. The van der Waals surface area contributed by atoms with Crippen LogP contribution in [0.2, 0.25) is 0 Å². The maximum Gasteiger partial charge on any atom is 0.337 e. The van der Waals surface area contributed by atoms with Crippen molar-refractivity contribution in [3.8, 4) is 12.3 Å². The van der Waals surface area contributed by atoms with Gasteiger partial charge in [0.1, 0.15) is 5.82 Å². The van der Waals surface area contributed by atoms with E-state index < -0.39 is 11.8 Å². The minimum absolute atomic E-state index is 0.0614. The Labute approximate surface area is 99.9 Å². The van der Waals surface area contributed by atoms with Gasteiger partial charge in [-0.05, 0) is 18.6 Å². The van der Waals surface area contributed by atoms with Crippen LogP contribution in [0.4, 0.5) is 10.1 Å². The molecule has 0 spiro atoms. The van der Waals surface area contributed by atoms with Crippen LogP contribution >= 0.6 is 0 Å². The Balaban J connectivity index is 3.25. The van der Waals surface area contributed by atoms with Crippen LogP contribution in [0, 0.1) is 18.2 Å². The van der Waals surface area contributed by atoms with Gasteiger partial charge in [-0.2, -0.15) is 0 Å². The number of halogens is 1. The monoisotopic (exact) mass is 235 g/mol. The Morgan fingerprint density at radius 2 is 2.29 bits per heavy atom. The van der Waals surface area contributed by atoms with Gasteiger partial charge in [-0.3, -0.25) is 0 Å². The van der Waals surface area contributed by atoms with Crippen LogP contribution in [-0.2, 0) is 0 Å². The molecular weight excluding hydrogens is 221 g/mol. The fourth-order valence-corrected chi connectivity index (χ4v) is 1.66. The van der Waals surface area contributed by atoms with Gasteiger partial charge in [0.05, 0.1) is 17.8 Å². The summed E-state index contributed by atoms with van der Waals surface area (Å²) in [5.41, 5.74) is 0.00787. The minimum Gasteiger partial charge on any atom is -0.478 e. The normalized spacial score (nSPS) is 9.71. The van der Waals surface area contributed by atoms with Gasteiger partial charge < -0.3 is 10.0 Å². The van der Waals surface area contributed by atoms with Crippen LogP contribution in [0.3, 0.4) is 0 Å². The molecule has 1 aromatic carbocycles. The fraction of sp³-hybridized carbons (Fsp3) is 0.308. The van der Waals surface area contributed by atoms with Crippen LogP contribution in [0.25, 0.3) is 0 Å². The highest BCUT2D eigenvalue weighted by atomic mass is 19.1. The second-order valence-corrected chi connectivity index (χ2v) is 3.57. The summed E-state index contributed by atoms with van der Waals surface area (Å²) in [4.78, 5) is 12.6. The maximum atomic E-state index is 13.7. The number of benzene rings is 1. The SMILES string of the molecule is C#CCN(CCC)c1c(F)cccc1C(=O)O. The highest BCUT2D eigenvalue weighted by Crippen LogP contribution is 2.24. The number of anilines is 1. The first kappa shape index (κ1) is 13.0. The van der Waals surface area contributed by atoms with Gasteiger partial charge in [0.15, 0.2) is 0 Å². The number of carbonyl (C=O) groups is 1. The second kappa shape index (κ2) is 5.90. The van der Waals surface area contributed by atoms with E-state index in [1.165, 1.54) is 18.2 Å². The molecule has 0 unspecified atom stereocenters. The van der Waals surface area contributed by atoms with Crippen molar-refractivity contribution in [1.29, 1.82) is 0 Å². The Morgan fingerprint density at radius 1 is 1.59 bits per heavy atom. The highest BCUT2D eigenvalue weighted by molar-refractivity contribution is 5.94. The number of para-hydroxylation sites is 1. The number of hydrogen-bond donors (Lipinski definition) is 1. The number of nitrogens with zero attached hydrogens (tertiary/aromatic N) is 1. The Hall–Kier alpha value is -2.02. The van der Waals surface area contributed by atoms with Gasteiger partial charge in [0.25, 0.3) is 0 Å². The van der Waals surface area contributed by atoms with Crippen molar-refractivity contribution < 1.29 is 14.3 Å². The van der Waals surface area contributed by atoms with E-state index in [2.05, 4.69) is 5.92 Å².